The van der Waals surface area contributed by atoms with Crippen LogP contribution in [-0.2, 0) is 13.0 Å². The number of hydrogen-bond acceptors (Lipinski definition) is 2. The fourth-order valence-electron chi connectivity index (χ4n) is 1.52. The van der Waals surface area contributed by atoms with Gasteiger partial charge in [0.2, 0.25) is 0 Å². The minimum atomic E-state index is 0.383. The number of ether oxygens (including phenoxy) is 1. The first-order valence-corrected chi connectivity index (χ1v) is 6.46. The number of rotatable bonds is 4. The van der Waals surface area contributed by atoms with Crippen molar-refractivity contribution in [3.8, 4) is 5.75 Å². The summed E-state index contributed by atoms with van der Waals surface area (Å²) in [4.78, 5) is 3.98. The molecule has 2 rings (SSSR count). The molecule has 0 atom stereocenters. The average molecular weight is 282 g/mol. The highest BCUT2D eigenvalue weighted by molar-refractivity contribution is 6.34. The van der Waals surface area contributed by atoms with Gasteiger partial charge in [-0.25, -0.2) is 4.98 Å². The molecular weight excluding hydrogens is 269 g/mol. The van der Waals surface area contributed by atoms with Crippen molar-refractivity contribution >= 4 is 23.2 Å². The third-order valence-corrected chi connectivity index (χ3v) is 3.18. The zero-order valence-electron chi connectivity index (χ0n) is 9.99. The van der Waals surface area contributed by atoms with Gasteiger partial charge >= 0.3 is 0 Å². The van der Waals surface area contributed by atoms with Crippen molar-refractivity contribution < 1.29 is 4.74 Å². The molecule has 4 heteroatoms. The molecule has 0 aliphatic rings. The van der Waals surface area contributed by atoms with E-state index in [0.717, 1.165) is 17.7 Å². The molecule has 0 unspecified atom stereocenters. The third kappa shape index (κ3) is 3.37. The number of hydrogen-bond donors (Lipinski definition) is 0. The van der Waals surface area contributed by atoms with Crippen LogP contribution in [0.1, 0.15) is 18.1 Å². The zero-order chi connectivity index (χ0) is 13.0. The highest BCUT2D eigenvalue weighted by Crippen LogP contribution is 2.21. The summed E-state index contributed by atoms with van der Waals surface area (Å²) in [7, 11) is 0. The predicted octanol–water partition coefficient (Wildman–Crippen LogP) is 4.53. The molecule has 0 N–H and O–H groups in total. The van der Waals surface area contributed by atoms with Gasteiger partial charge in [0.05, 0.1) is 5.02 Å². The Balaban J connectivity index is 2.02. The Bertz CT molecular complexity index is 526. The summed E-state index contributed by atoms with van der Waals surface area (Å²) in [5.41, 5.74) is 2.11. The van der Waals surface area contributed by atoms with Gasteiger partial charge in [-0.1, -0.05) is 42.3 Å². The Morgan fingerprint density at radius 1 is 1.17 bits per heavy atom. The minimum Gasteiger partial charge on any atom is -0.489 e. The molecule has 0 saturated carbocycles. The maximum atomic E-state index is 6.04. The molecule has 0 spiro atoms. The Kier molecular flexibility index (Phi) is 4.45. The van der Waals surface area contributed by atoms with E-state index in [4.69, 9.17) is 27.9 Å². The van der Waals surface area contributed by atoms with E-state index in [1.54, 1.807) is 12.3 Å². The molecule has 0 bridgehead atoms. The highest BCUT2D eigenvalue weighted by Gasteiger charge is 2.03. The van der Waals surface area contributed by atoms with E-state index in [1.807, 2.05) is 12.1 Å². The number of aryl methyl sites for hydroxylation is 1. The summed E-state index contributed by atoms with van der Waals surface area (Å²) in [5, 5.41) is 0.955. The summed E-state index contributed by atoms with van der Waals surface area (Å²) in [5.74, 6) is 0.818. The number of pyridine rings is 1. The summed E-state index contributed by atoms with van der Waals surface area (Å²) in [6.07, 6.45) is 2.65. The van der Waals surface area contributed by atoms with Gasteiger partial charge in [-0.2, -0.15) is 0 Å². The normalized spacial score (nSPS) is 10.4. The van der Waals surface area contributed by atoms with Crippen LogP contribution in [0.25, 0.3) is 0 Å². The van der Waals surface area contributed by atoms with Crippen LogP contribution in [-0.4, -0.2) is 4.98 Å². The SMILES string of the molecule is CCc1ccc(OCc2cnc(Cl)cc2Cl)cc1. The Morgan fingerprint density at radius 2 is 1.89 bits per heavy atom. The molecular formula is C14H13Cl2NO. The van der Waals surface area contributed by atoms with Crippen molar-refractivity contribution in [2.45, 2.75) is 20.0 Å². The van der Waals surface area contributed by atoms with E-state index in [1.165, 1.54) is 5.56 Å². The second kappa shape index (κ2) is 6.07. The van der Waals surface area contributed by atoms with Crippen molar-refractivity contribution in [1.29, 1.82) is 0 Å². The molecule has 1 aromatic heterocycles. The van der Waals surface area contributed by atoms with E-state index in [-0.39, 0.29) is 0 Å². The lowest BCUT2D eigenvalue weighted by molar-refractivity contribution is 0.306. The molecule has 0 radical (unpaired) electrons. The lowest BCUT2D eigenvalue weighted by atomic mass is 10.2. The second-order valence-corrected chi connectivity index (χ2v) is 4.68. The molecule has 1 aromatic carbocycles. The van der Waals surface area contributed by atoms with Crippen LogP contribution in [0.2, 0.25) is 10.2 Å². The summed E-state index contributed by atoms with van der Waals surface area (Å²) < 4.78 is 5.64. The molecule has 2 nitrogen and oxygen atoms in total. The molecule has 0 saturated heterocycles. The van der Waals surface area contributed by atoms with Crippen LogP contribution < -0.4 is 4.74 Å². The third-order valence-electron chi connectivity index (χ3n) is 2.62. The predicted molar refractivity (Wildman–Crippen MR) is 74.4 cm³/mol. The van der Waals surface area contributed by atoms with Gasteiger partial charge in [0.1, 0.15) is 17.5 Å². The van der Waals surface area contributed by atoms with E-state index in [2.05, 4.69) is 24.0 Å². The van der Waals surface area contributed by atoms with Gasteiger partial charge in [-0.15, -0.1) is 0 Å². The molecule has 0 fully saturated rings. The van der Waals surface area contributed by atoms with Crippen LogP contribution in [0.3, 0.4) is 0 Å². The maximum absolute atomic E-state index is 6.04. The number of nitrogens with zero attached hydrogens (tertiary/aromatic N) is 1. The van der Waals surface area contributed by atoms with E-state index in [9.17, 15) is 0 Å². The van der Waals surface area contributed by atoms with Crippen LogP contribution in [0.15, 0.2) is 36.5 Å². The van der Waals surface area contributed by atoms with E-state index in [0.29, 0.717) is 16.8 Å². The molecule has 0 aliphatic carbocycles. The number of aromatic nitrogens is 1. The van der Waals surface area contributed by atoms with E-state index >= 15 is 0 Å². The maximum Gasteiger partial charge on any atom is 0.130 e. The fraction of sp³-hybridized carbons (Fsp3) is 0.214. The largest absolute Gasteiger partial charge is 0.489 e. The van der Waals surface area contributed by atoms with Gasteiger partial charge in [-0.05, 0) is 30.2 Å². The molecule has 0 aliphatic heterocycles. The second-order valence-electron chi connectivity index (χ2n) is 3.88. The molecule has 18 heavy (non-hydrogen) atoms. The lowest BCUT2D eigenvalue weighted by Crippen LogP contribution is -1.97. The Labute approximate surface area is 117 Å². The quantitative estimate of drug-likeness (QED) is 0.768. The van der Waals surface area contributed by atoms with Crippen molar-refractivity contribution in [3.63, 3.8) is 0 Å². The Hall–Kier alpha value is -1.25. The van der Waals surface area contributed by atoms with E-state index < -0.39 is 0 Å². The lowest BCUT2D eigenvalue weighted by Gasteiger charge is -2.08. The molecule has 0 amide bonds. The monoisotopic (exact) mass is 281 g/mol. The van der Waals surface area contributed by atoms with Crippen molar-refractivity contribution in [2.75, 3.05) is 0 Å². The first-order valence-electron chi connectivity index (χ1n) is 5.70. The van der Waals surface area contributed by atoms with Crippen LogP contribution in [0, 0.1) is 0 Å². The smallest absolute Gasteiger partial charge is 0.130 e. The van der Waals surface area contributed by atoms with Gasteiger partial charge in [0.15, 0.2) is 0 Å². The van der Waals surface area contributed by atoms with Gasteiger partial charge < -0.3 is 4.74 Å². The van der Waals surface area contributed by atoms with Gasteiger partial charge in [0.25, 0.3) is 0 Å². The Morgan fingerprint density at radius 3 is 2.50 bits per heavy atom. The van der Waals surface area contributed by atoms with Gasteiger partial charge in [-0.3, -0.25) is 0 Å². The van der Waals surface area contributed by atoms with Crippen LogP contribution in [0.5, 0.6) is 5.75 Å². The molecule has 94 valence electrons. The van der Waals surface area contributed by atoms with Crippen molar-refractivity contribution in [2.24, 2.45) is 0 Å². The molecule has 2 aromatic rings. The molecule has 1 heterocycles. The average Bonchev–Trinajstić information content (AvgIpc) is 2.38. The van der Waals surface area contributed by atoms with Crippen molar-refractivity contribution in [3.05, 3.63) is 57.8 Å². The number of benzene rings is 1. The highest BCUT2D eigenvalue weighted by atomic mass is 35.5. The summed E-state index contributed by atoms with van der Waals surface area (Å²) in [6, 6.07) is 9.63. The minimum absolute atomic E-state index is 0.383. The standard InChI is InChI=1S/C14H13Cl2NO/c1-2-10-3-5-12(6-4-10)18-9-11-8-17-14(16)7-13(11)15/h3-8H,2,9H2,1H3. The number of halogens is 2. The summed E-state index contributed by atoms with van der Waals surface area (Å²) >= 11 is 11.8. The zero-order valence-corrected chi connectivity index (χ0v) is 11.5. The van der Waals surface area contributed by atoms with Crippen LogP contribution in [0.4, 0.5) is 0 Å². The topological polar surface area (TPSA) is 22.1 Å². The first kappa shape index (κ1) is 13.2. The first-order chi connectivity index (χ1) is 8.69. The fourth-order valence-corrected chi connectivity index (χ4v) is 1.94. The van der Waals surface area contributed by atoms with Crippen molar-refractivity contribution in [1.82, 2.24) is 4.98 Å². The van der Waals surface area contributed by atoms with Crippen LogP contribution >= 0.6 is 23.2 Å². The summed E-state index contributed by atoms with van der Waals surface area (Å²) in [6.45, 7) is 2.50. The van der Waals surface area contributed by atoms with Gasteiger partial charge in [0, 0.05) is 11.8 Å².